The van der Waals surface area contributed by atoms with Crippen LogP contribution in [-0.4, -0.2) is 51.2 Å². The maximum atomic E-state index is 13.8. The van der Waals surface area contributed by atoms with E-state index < -0.39 is 29.9 Å². The number of primary amides is 1. The zero-order chi connectivity index (χ0) is 20.3. The van der Waals surface area contributed by atoms with Crippen LogP contribution in [0.1, 0.15) is 35.7 Å². The number of carbonyl (C=O) groups is 1. The van der Waals surface area contributed by atoms with E-state index >= 15 is 0 Å². The fraction of sp³-hybridized carbons (Fsp3) is 0.444. The molecule has 0 radical (unpaired) electrons. The Labute approximate surface area is 157 Å². The molecule has 0 atom stereocenters. The van der Waals surface area contributed by atoms with Gasteiger partial charge in [-0.1, -0.05) is 6.92 Å². The van der Waals surface area contributed by atoms with Crippen molar-refractivity contribution in [3.05, 3.63) is 35.3 Å². The molecule has 10 heteroatoms. The molecule has 1 amide bonds. The Hall–Kier alpha value is -2.62. The summed E-state index contributed by atoms with van der Waals surface area (Å²) in [7, 11) is 0. The van der Waals surface area contributed by atoms with E-state index in [0.717, 1.165) is 11.6 Å². The van der Waals surface area contributed by atoms with Crippen LogP contribution in [0.15, 0.2) is 18.3 Å². The maximum Gasteiger partial charge on any atom is 0.401 e. The molecule has 4 rings (SSSR count). The second-order valence-corrected chi connectivity index (χ2v) is 7.60. The number of aromatic nitrogens is 3. The van der Waals surface area contributed by atoms with E-state index in [9.17, 15) is 22.4 Å². The first-order chi connectivity index (χ1) is 13.1. The van der Waals surface area contributed by atoms with Crippen molar-refractivity contribution in [3.8, 4) is 0 Å². The van der Waals surface area contributed by atoms with E-state index in [4.69, 9.17) is 5.73 Å². The maximum absolute atomic E-state index is 13.8. The highest BCUT2D eigenvalue weighted by Gasteiger charge is 2.38. The average Bonchev–Trinajstić information content (AvgIpc) is 3.13. The number of likely N-dealkylation sites (tertiary alicyclic amines) is 1. The number of H-pyrrole nitrogens is 1. The second kappa shape index (κ2) is 6.20. The smallest absolute Gasteiger partial charge is 0.366 e. The number of hydrogen-bond acceptors (Lipinski definition) is 3. The minimum atomic E-state index is -4.22. The van der Waals surface area contributed by atoms with Crippen molar-refractivity contribution in [2.75, 3.05) is 19.6 Å². The van der Waals surface area contributed by atoms with Crippen LogP contribution in [0.5, 0.6) is 0 Å². The SMILES string of the molecule is CC1(c2c[nH]n3c2nc2cc(F)cc(C(N)=O)c23)CCN(CC(F)(F)F)CC1. The van der Waals surface area contributed by atoms with E-state index in [0.29, 0.717) is 42.6 Å². The molecule has 6 nitrogen and oxygen atoms in total. The quantitative estimate of drug-likeness (QED) is 0.667. The fourth-order valence-electron chi connectivity index (χ4n) is 4.03. The summed E-state index contributed by atoms with van der Waals surface area (Å²) in [5.74, 6) is -1.38. The Morgan fingerprint density at radius 3 is 2.61 bits per heavy atom. The fourth-order valence-corrected chi connectivity index (χ4v) is 4.03. The van der Waals surface area contributed by atoms with Crippen molar-refractivity contribution in [1.29, 1.82) is 0 Å². The van der Waals surface area contributed by atoms with Crippen LogP contribution in [0, 0.1) is 5.82 Å². The molecule has 3 heterocycles. The predicted molar refractivity (Wildman–Crippen MR) is 94.6 cm³/mol. The van der Waals surface area contributed by atoms with Crippen LogP contribution in [0.2, 0.25) is 0 Å². The topological polar surface area (TPSA) is 79.4 Å². The summed E-state index contributed by atoms with van der Waals surface area (Å²) in [6.07, 6.45) is -1.42. The summed E-state index contributed by atoms with van der Waals surface area (Å²) >= 11 is 0. The number of amides is 1. The molecule has 1 fully saturated rings. The zero-order valence-electron chi connectivity index (χ0n) is 15.1. The third kappa shape index (κ3) is 3.11. The van der Waals surface area contributed by atoms with Crippen molar-refractivity contribution in [2.24, 2.45) is 5.73 Å². The predicted octanol–water partition coefficient (Wildman–Crippen LogP) is 2.97. The lowest BCUT2D eigenvalue weighted by molar-refractivity contribution is -0.149. The number of carbonyl (C=O) groups excluding carboxylic acids is 1. The molecule has 150 valence electrons. The van der Waals surface area contributed by atoms with Crippen molar-refractivity contribution in [3.63, 3.8) is 0 Å². The number of nitrogens with one attached hydrogen (secondary N) is 1. The van der Waals surface area contributed by atoms with E-state index in [2.05, 4.69) is 10.1 Å². The summed E-state index contributed by atoms with van der Waals surface area (Å²) in [5, 5.41) is 3.03. The largest absolute Gasteiger partial charge is 0.401 e. The molecular weight excluding hydrogens is 378 g/mol. The number of hydrogen-bond donors (Lipinski definition) is 2. The number of aromatic amines is 1. The Balaban J connectivity index is 1.72. The number of benzene rings is 1. The summed E-state index contributed by atoms with van der Waals surface area (Å²) in [6, 6.07) is 2.29. The third-order valence-corrected chi connectivity index (χ3v) is 5.57. The summed E-state index contributed by atoms with van der Waals surface area (Å²) in [5.41, 5.74) is 7.03. The third-order valence-electron chi connectivity index (χ3n) is 5.57. The Bertz CT molecular complexity index is 1060. The van der Waals surface area contributed by atoms with Gasteiger partial charge in [0.05, 0.1) is 17.6 Å². The first-order valence-electron chi connectivity index (χ1n) is 8.86. The van der Waals surface area contributed by atoms with E-state index in [1.165, 1.54) is 11.0 Å². The first kappa shape index (κ1) is 18.7. The molecule has 0 aliphatic carbocycles. The van der Waals surface area contributed by atoms with E-state index in [1.807, 2.05) is 6.92 Å². The van der Waals surface area contributed by atoms with Gasteiger partial charge in [0.1, 0.15) is 11.3 Å². The van der Waals surface area contributed by atoms with Gasteiger partial charge in [0, 0.05) is 23.2 Å². The van der Waals surface area contributed by atoms with E-state index in [-0.39, 0.29) is 5.56 Å². The van der Waals surface area contributed by atoms with Crippen LogP contribution in [-0.2, 0) is 5.41 Å². The molecule has 3 aromatic rings. The van der Waals surface area contributed by atoms with Gasteiger partial charge < -0.3 is 5.73 Å². The monoisotopic (exact) mass is 397 g/mol. The minimum absolute atomic E-state index is 0.0149. The zero-order valence-corrected chi connectivity index (χ0v) is 15.1. The highest BCUT2D eigenvalue weighted by Crippen LogP contribution is 2.38. The summed E-state index contributed by atoms with van der Waals surface area (Å²) in [4.78, 5) is 17.6. The number of alkyl halides is 3. The Morgan fingerprint density at radius 2 is 2.00 bits per heavy atom. The molecule has 1 aliphatic heterocycles. The molecule has 0 spiro atoms. The Morgan fingerprint density at radius 1 is 1.32 bits per heavy atom. The van der Waals surface area contributed by atoms with Gasteiger partial charge in [-0.15, -0.1) is 0 Å². The summed E-state index contributed by atoms with van der Waals surface area (Å²) in [6.45, 7) is 1.69. The van der Waals surface area contributed by atoms with Crippen molar-refractivity contribution in [2.45, 2.75) is 31.4 Å². The molecule has 0 saturated carbocycles. The lowest BCUT2D eigenvalue weighted by Crippen LogP contribution is -2.44. The lowest BCUT2D eigenvalue weighted by Gasteiger charge is -2.39. The molecule has 2 aromatic heterocycles. The van der Waals surface area contributed by atoms with Gasteiger partial charge in [-0.3, -0.25) is 14.8 Å². The number of imidazole rings is 1. The molecule has 1 saturated heterocycles. The minimum Gasteiger partial charge on any atom is -0.366 e. The highest BCUT2D eigenvalue weighted by atomic mass is 19.4. The molecule has 3 N–H and O–H groups in total. The number of fused-ring (bicyclic) bond motifs is 3. The van der Waals surface area contributed by atoms with Gasteiger partial charge in [0.25, 0.3) is 5.91 Å². The van der Waals surface area contributed by atoms with Gasteiger partial charge in [0.2, 0.25) is 0 Å². The lowest BCUT2D eigenvalue weighted by atomic mass is 9.75. The second-order valence-electron chi connectivity index (χ2n) is 7.60. The van der Waals surface area contributed by atoms with Crippen LogP contribution in [0.25, 0.3) is 16.7 Å². The van der Waals surface area contributed by atoms with Gasteiger partial charge >= 0.3 is 6.18 Å². The molecule has 1 aromatic carbocycles. The van der Waals surface area contributed by atoms with Crippen molar-refractivity contribution < 1.29 is 22.4 Å². The molecular formula is C18H19F4N5O. The molecule has 28 heavy (non-hydrogen) atoms. The highest BCUT2D eigenvalue weighted by molar-refractivity contribution is 6.05. The van der Waals surface area contributed by atoms with Gasteiger partial charge in [-0.2, -0.15) is 13.2 Å². The van der Waals surface area contributed by atoms with Gasteiger partial charge in [-0.05, 0) is 32.0 Å². The number of nitrogens with zero attached hydrogens (tertiary/aromatic N) is 3. The van der Waals surface area contributed by atoms with E-state index in [1.54, 1.807) is 10.7 Å². The number of nitrogens with two attached hydrogens (primary N) is 1. The van der Waals surface area contributed by atoms with Crippen LogP contribution in [0.4, 0.5) is 17.6 Å². The Kier molecular flexibility index (Phi) is 4.14. The normalized spacial score (nSPS) is 18.2. The van der Waals surface area contributed by atoms with Gasteiger partial charge in [-0.25, -0.2) is 13.9 Å². The number of rotatable bonds is 3. The van der Waals surface area contributed by atoms with Gasteiger partial charge in [0.15, 0.2) is 5.65 Å². The number of halogens is 4. The van der Waals surface area contributed by atoms with Crippen LogP contribution < -0.4 is 5.73 Å². The average molecular weight is 397 g/mol. The van der Waals surface area contributed by atoms with Crippen LogP contribution >= 0.6 is 0 Å². The molecule has 1 aliphatic rings. The molecule has 0 unspecified atom stereocenters. The number of piperidine rings is 1. The van der Waals surface area contributed by atoms with Crippen molar-refractivity contribution >= 4 is 22.6 Å². The standard InChI is InChI=1S/C18H19F4N5O/c1-17(2-4-26(5-3-17)9-18(20,21)22)12-8-24-27-14-11(15(23)28)6-10(19)7-13(14)25-16(12)27/h6-8,24H,2-5,9H2,1H3,(H2,23,28). The van der Waals surface area contributed by atoms with Crippen molar-refractivity contribution in [1.82, 2.24) is 19.5 Å². The molecule has 0 bridgehead atoms. The first-order valence-corrected chi connectivity index (χ1v) is 8.86. The van der Waals surface area contributed by atoms with Crippen LogP contribution in [0.3, 0.4) is 0 Å². The summed E-state index contributed by atoms with van der Waals surface area (Å²) < 4.78 is 53.3.